The monoisotopic (exact) mass is 316 g/mol. The van der Waals surface area contributed by atoms with Crippen LogP contribution >= 0.6 is 23.2 Å². The van der Waals surface area contributed by atoms with Crippen molar-refractivity contribution in [1.82, 2.24) is 9.80 Å². The first kappa shape index (κ1) is 15.6. The van der Waals surface area contributed by atoms with Gasteiger partial charge >= 0.3 is 0 Å². The van der Waals surface area contributed by atoms with Crippen LogP contribution in [0.3, 0.4) is 0 Å². The zero-order valence-electron chi connectivity index (χ0n) is 11.6. The fraction of sp³-hybridized carbons (Fsp3) is 0.500. The van der Waals surface area contributed by atoms with E-state index in [1.54, 1.807) is 18.2 Å². The lowest BCUT2D eigenvalue weighted by atomic mass is 10.1. The lowest BCUT2D eigenvalue weighted by molar-refractivity contribution is -0.00829. The van der Waals surface area contributed by atoms with E-state index in [1.165, 1.54) is 0 Å². The van der Waals surface area contributed by atoms with Crippen LogP contribution in [0.5, 0.6) is 0 Å². The molecule has 0 radical (unpaired) electrons. The van der Waals surface area contributed by atoms with E-state index in [-0.39, 0.29) is 11.9 Å². The molecule has 1 aromatic rings. The quantitative estimate of drug-likeness (QED) is 0.858. The molecular formula is C14H18Cl2N2O2. The van der Waals surface area contributed by atoms with Gasteiger partial charge in [0, 0.05) is 18.1 Å². The maximum Gasteiger partial charge on any atom is 0.255 e. The van der Waals surface area contributed by atoms with Crippen molar-refractivity contribution in [2.75, 3.05) is 40.4 Å². The first-order valence-corrected chi connectivity index (χ1v) is 7.23. The summed E-state index contributed by atoms with van der Waals surface area (Å²) >= 11 is 12.0. The summed E-state index contributed by atoms with van der Waals surface area (Å²) in [6, 6.07) is 4.99. The fourth-order valence-corrected chi connectivity index (χ4v) is 2.80. The van der Waals surface area contributed by atoms with E-state index < -0.39 is 0 Å². The van der Waals surface area contributed by atoms with E-state index in [9.17, 15) is 4.79 Å². The summed E-state index contributed by atoms with van der Waals surface area (Å²) < 4.78 is 5.47. The topological polar surface area (TPSA) is 32.8 Å². The molecule has 1 amide bonds. The van der Waals surface area contributed by atoms with Gasteiger partial charge in [-0.05, 0) is 32.3 Å². The molecule has 1 aromatic carbocycles. The number of halogens is 2. The summed E-state index contributed by atoms with van der Waals surface area (Å²) in [5.74, 6) is -0.0678. The zero-order chi connectivity index (χ0) is 14.7. The predicted octanol–water partition coefficient (Wildman–Crippen LogP) is 2.40. The molecule has 1 saturated heterocycles. The minimum Gasteiger partial charge on any atom is -0.377 e. The van der Waals surface area contributed by atoms with E-state index in [0.29, 0.717) is 35.4 Å². The van der Waals surface area contributed by atoms with Gasteiger partial charge in [0.25, 0.3) is 5.91 Å². The third-order valence-corrected chi connectivity index (χ3v) is 3.77. The van der Waals surface area contributed by atoms with Crippen LogP contribution in [0.1, 0.15) is 10.4 Å². The first-order chi connectivity index (χ1) is 9.49. The van der Waals surface area contributed by atoms with Crippen molar-refractivity contribution >= 4 is 29.1 Å². The van der Waals surface area contributed by atoms with Crippen LogP contribution in [0, 0.1) is 0 Å². The number of rotatable bonds is 3. The molecule has 0 unspecified atom stereocenters. The summed E-state index contributed by atoms with van der Waals surface area (Å²) in [6.07, 6.45) is 0. The summed E-state index contributed by atoms with van der Waals surface area (Å²) in [6.45, 7) is 2.45. The summed E-state index contributed by atoms with van der Waals surface area (Å²) in [4.78, 5) is 16.5. The SMILES string of the molecule is CN(C)C[C@@H]1COCCN1C(=O)c1ccc(Cl)cc1Cl. The molecule has 2 rings (SSSR count). The molecule has 1 aliphatic heterocycles. The van der Waals surface area contributed by atoms with Crippen LogP contribution in [0.2, 0.25) is 10.0 Å². The van der Waals surface area contributed by atoms with Gasteiger partial charge in [0.15, 0.2) is 0 Å². The Kier molecular flexibility index (Phi) is 5.27. The van der Waals surface area contributed by atoms with Crippen molar-refractivity contribution in [3.8, 4) is 0 Å². The molecule has 1 fully saturated rings. The lowest BCUT2D eigenvalue weighted by Crippen LogP contribution is -2.52. The highest BCUT2D eigenvalue weighted by molar-refractivity contribution is 6.36. The molecule has 1 aliphatic rings. The summed E-state index contributed by atoms with van der Waals surface area (Å²) in [5, 5.41) is 0.913. The van der Waals surface area contributed by atoms with Crippen LogP contribution in [-0.2, 0) is 4.74 Å². The third kappa shape index (κ3) is 3.64. The van der Waals surface area contributed by atoms with Gasteiger partial charge in [0.2, 0.25) is 0 Å². The van der Waals surface area contributed by atoms with Gasteiger partial charge in [-0.3, -0.25) is 4.79 Å². The van der Waals surface area contributed by atoms with Gasteiger partial charge in [0.1, 0.15) is 0 Å². The lowest BCUT2D eigenvalue weighted by Gasteiger charge is -2.37. The molecule has 1 heterocycles. The van der Waals surface area contributed by atoms with Crippen molar-refractivity contribution in [2.45, 2.75) is 6.04 Å². The number of ether oxygens (including phenoxy) is 1. The molecule has 110 valence electrons. The van der Waals surface area contributed by atoms with Gasteiger partial charge in [-0.15, -0.1) is 0 Å². The number of hydrogen-bond donors (Lipinski definition) is 0. The van der Waals surface area contributed by atoms with Gasteiger partial charge < -0.3 is 14.5 Å². The molecule has 0 bridgehead atoms. The van der Waals surface area contributed by atoms with Gasteiger partial charge in [-0.25, -0.2) is 0 Å². The third-order valence-electron chi connectivity index (χ3n) is 3.23. The Bertz CT molecular complexity index is 494. The Balaban J connectivity index is 2.20. The maximum atomic E-state index is 12.6. The number of morpholine rings is 1. The average Bonchev–Trinajstić information content (AvgIpc) is 2.38. The van der Waals surface area contributed by atoms with E-state index in [4.69, 9.17) is 27.9 Å². The molecule has 4 nitrogen and oxygen atoms in total. The Morgan fingerprint density at radius 3 is 2.85 bits per heavy atom. The highest BCUT2D eigenvalue weighted by Gasteiger charge is 2.29. The highest BCUT2D eigenvalue weighted by atomic mass is 35.5. The Morgan fingerprint density at radius 1 is 1.45 bits per heavy atom. The second-order valence-corrected chi connectivity index (χ2v) is 5.96. The minimum absolute atomic E-state index is 0.0398. The van der Waals surface area contributed by atoms with Crippen molar-refractivity contribution in [2.24, 2.45) is 0 Å². The molecule has 0 aromatic heterocycles. The van der Waals surface area contributed by atoms with Crippen molar-refractivity contribution < 1.29 is 9.53 Å². The van der Waals surface area contributed by atoms with Crippen LogP contribution in [0.4, 0.5) is 0 Å². The number of likely N-dealkylation sites (N-methyl/N-ethyl adjacent to an activating group) is 1. The smallest absolute Gasteiger partial charge is 0.255 e. The molecule has 1 atom stereocenters. The van der Waals surface area contributed by atoms with E-state index in [2.05, 4.69) is 0 Å². The molecule has 0 spiro atoms. The largest absolute Gasteiger partial charge is 0.377 e. The van der Waals surface area contributed by atoms with Gasteiger partial charge in [0.05, 0.1) is 29.8 Å². The Labute approximate surface area is 129 Å². The second kappa shape index (κ2) is 6.76. The molecule has 0 saturated carbocycles. The van der Waals surface area contributed by atoms with E-state index >= 15 is 0 Å². The van der Waals surface area contributed by atoms with Gasteiger partial charge in [-0.1, -0.05) is 23.2 Å². The number of amides is 1. The van der Waals surface area contributed by atoms with E-state index in [1.807, 2.05) is 23.9 Å². The second-order valence-electron chi connectivity index (χ2n) is 5.11. The fourth-order valence-electron chi connectivity index (χ4n) is 2.31. The highest BCUT2D eigenvalue weighted by Crippen LogP contribution is 2.23. The molecule has 20 heavy (non-hydrogen) atoms. The first-order valence-electron chi connectivity index (χ1n) is 6.47. The predicted molar refractivity (Wildman–Crippen MR) is 80.7 cm³/mol. The number of carbonyl (C=O) groups is 1. The van der Waals surface area contributed by atoms with Crippen LogP contribution in [0.15, 0.2) is 18.2 Å². The molecule has 6 heteroatoms. The Hall–Kier alpha value is -0.810. The zero-order valence-corrected chi connectivity index (χ0v) is 13.1. The number of nitrogens with zero attached hydrogens (tertiary/aromatic N) is 2. The molecular weight excluding hydrogens is 299 g/mol. The summed E-state index contributed by atoms with van der Waals surface area (Å²) in [7, 11) is 3.96. The normalized spacial score (nSPS) is 19.4. The van der Waals surface area contributed by atoms with Crippen molar-refractivity contribution in [1.29, 1.82) is 0 Å². The van der Waals surface area contributed by atoms with Crippen LogP contribution < -0.4 is 0 Å². The van der Waals surface area contributed by atoms with Crippen LogP contribution in [0.25, 0.3) is 0 Å². The molecule has 0 N–H and O–H groups in total. The summed E-state index contributed by atoms with van der Waals surface area (Å²) in [5.41, 5.74) is 0.488. The number of hydrogen-bond acceptors (Lipinski definition) is 3. The number of carbonyl (C=O) groups excluding carboxylic acids is 1. The number of benzene rings is 1. The minimum atomic E-state index is -0.0678. The Morgan fingerprint density at radius 2 is 2.20 bits per heavy atom. The van der Waals surface area contributed by atoms with Crippen molar-refractivity contribution in [3.63, 3.8) is 0 Å². The average molecular weight is 317 g/mol. The van der Waals surface area contributed by atoms with E-state index in [0.717, 1.165) is 6.54 Å². The molecule has 0 aliphatic carbocycles. The van der Waals surface area contributed by atoms with Crippen LogP contribution in [-0.4, -0.2) is 62.1 Å². The standard InChI is InChI=1S/C14H18Cl2N2O2/c1-17(2)8-11-9-20-6-5-18(11)14(19)12-4-3-10(15)7-13(12)16/h3-4,7,11H,5-6,8-9H2,1-2H3/t11-/m1/s1. The van der Waals surface area contributed by atoms with Crippen molar-refractivity contribution in [3.05, 3.63) is 33.8 Å². The van der Waals surface area contributed by atoms with Gasteiger partial charge in [-0.2, -0.15) is 0 Å². The maximum absolute atomic E-state index is 12.6.